The number of nitrogens with zero attached hydrogens (tertiary/aromatic N) is 1. The highest BCUT2D eigenvalue weighted by molar-refractivity contribution is 6.04. The van der Waals surface area contributed by atoms with E-state index in [9.17, 15) is 24.3 Å². The second-order valence-corrected chi connectivity index (χ2v) is 11.7. The van der Waals surface area contributed by atoms with Crippen molar-refractivity contribution in [1.82, 2.24) is 15.5 Å². The van der Waals surface area contributed by atoms with Crippen molar-refractivity contribution >= 4 is 23.8 Å². The summed E-state index contributed by atoms with van der Waals surface area (Å²) >= 11 is 0. The van der Waals surface area contributed by atoms with Gasteiger partial charge in [-0.15, -0.1) is 0 Å². The molecule has 4 atom stereocenters. The molecule has 212 valence electrons. The molecule has 0 radical (unpaired) electrons. The normalized spacial score (nSPS) is 23.0. The fourth-order valence-electron chi connectivity index (χ4n) is 5.97. The Morgan fingerprint density at radius 3 is 2.45 bits per heavy atom. The first kappa shape index (κ1) is 27.8. The first-order chi connectivity index (χ1) is 19.1. The van der Waals surface area contributed by atoms with E-state index in [4.69, 9.17) is 4.74 Å². The van der Waals surface area contributed by atoms with Crippen LogP contribution in [-0.2, 0) is 26.5 Å². The lowest BCUT2D eigenvalue weighted by Crippen LogP contribution is -2.41. The fraction of sp³-hybridized carbons (Fsp3) is 0.484. The smallest absolute Gasteiger partial charge is 0.415 e. The number of aliphatic hydroxyl groups excluding tert-OH is 1. The van der Waals surface area contributed by atoms with Crippen molar-refractivity contribution in [2.24, 2.45) is 11.8 Å². The van der Waals surface area contributed by atoms with Crippen molar-refractivity contribution < 1.29 is 29.0 Å². The van der Waals surface area contributed by atoms with Gasteiger partial charge in [0.2, 0.25) is 11.5 Å². The van der Waals surface area contributed by atoms with Crippen molar-refractivity contribution in [2.45, 2.75) is 76.6 Å². The Morgan fingerprint density at radius 1 is 1.12 bits per heavy atom. The number of nitrogens with one attached hydrogen (secondary N) is 2. The third kappa shape index (κ3) is 5.35. The molecule has 0 aromatic heterocycles. The maximum Gasteiger partial charge on any atom is 0.415 e. The van der Waals surface area contributed by atoms with E-state index in [0.717, 1.165) is 18.4 Å². The number of benzene rings is 2. The summed E-state index contributed by atoms with van der Waals surface area (Å²) in [5, 5.41) is 14.8. The van der Waals surface area contributed by atoms with Gasteiger partial charge in [-0.25, -0.2) is 4.79 Å². The Labute approximate surface area is 234 Å². The monoisotopic (exact) mass is 547 g/mol. The summed E-state index contributed by atoms with van der Waals surface area (Å²) in [4.78, 5) is 54.1. The molecule has 2 aromatic rings. The highest BCUT2D eigenvalue weighted by Crippen LogP contribution is 2.51. The minimum atomic E-state index is -1.52. The number of hydrogen-bond donors (Lipinski definition) is 3. The molecule has 2 fully saturated rings. The number of fused-ring (bicyclic) bond motifs is 2. The lowest BCUT2D eigenvalue weighted by Gasteiger charge is -2.31. The molecule has 1 spiro atoms. The van der Waals surface area contributed by atoms with Crippen LogP contribution in [0.2, 0.25) is 0 Å². The lowest BCUT2D eigenvalue weighted by molar-refractivity contribution is -0.136. The Balaban J connectivity index is 1.45. The standard InChI is InChI=1S/C31H37N3O6/c1-18(2)26(17-35)32-28(37)22-11-12-25-24(13-22)23(15-31(25)29(38)33-30(39)40-31)14-27(36)34(19(3)21-9-10-21)16-20-7-5-4-6-8-20/h4-8,11-13,18-19,21,23,26,35H,9-10,14-17H2,1-3H3,(H,32,37)(H,33,38,39)/t19-,23?,26-,31+/m0/s1. The summed E-state index contributed by atoms with van der Waals surface area (Å²) in [5.74, 6) is -0.901. The zero-order valence-corrected chi connectivity index (χ0v) is 23.2. The molecule has 1 unspecified atom stereocenters. The van der Waals surface area contributed by atoms with Gasteiger partial charge in [-0.2, -0.15) is 0 Å². The van der Waals surface area contributed by atoms with E-state index in [1.807, 2.05) is 49.1 Å². The van der Waals surface area contributed by atoms with Gasteiger partial charge in [-0.05, 0) is 60.8 Å². The Morgan fingerprint density at radius 2 is 1.85 bits per heavy atom. The highest BCUT2D eigenvalue weighted by atomic mass is 16.6. The molecule has 1 aliphatic heterocycles. The molecular weight excluding hydrogens is 510 g/mol. The first-order valence-electron chi connectivity index (χ1n) is 14.1. The van der Waals surface area contributed by atoms with Crippen molar-refractivity contribution in [3.05, 3.63) is 70.8 Å². The molecule has 9 heteroatoms. The Bertz CT molecular complexity index is 1310. The zero-order chi connectivity index (χ0) is 28.6. The quantitative estimate of drug-likeness (QED) is 0.418. The number of carbonyl (C=O) groups is 4. The number of hydrogen-bond acceptors (Lipinski definition) is 6. The van der Waals surface area contributed by atoms with Crippen molar-refractivity contribution in [3.8, 4) is 0 Å². The molecular formula is C31H37N3O6. The van der Waals surface area contributed by atoms with Gasteiger partial charge in [-0.1, -0.05) is 50.2 Å². The zero-order valence-electron chi connectivity index (χ0n) is 23.2. The Kier molecular flexibility index (Phi) is 7.68. The van der Waals surface area contributed by atoms with Crippen LogP contribution in [0.15, 0.2) is 48.5 Å². The van der Waals surface area contributed by atoms with E-state index in [2.05, 4.69) is 17.6 Å². The summed E-state index contributed by atoms with van der Waals surface area (Å²) in [6, 6.07) is 14.4. The average Bonchev–Trinajstić information content (AvgIpc) is 3.69. The van der Waals surface area contributed by atoms with Gasteiger partial charge in [0.05, 0.1) is 12.6 Å². The van der Waals surface area contributed by atoms with Crippen LogP contribution in [0.5, 0.6) is 0 Å². The molecule has 40 heavy (non-hydrogen) atoms. The molecule has 5 rings (SSSR count). The van der Waals surface area contributed by atoms with Crippen molar-refractivity contribution in [2.75, 3.05) is 6.61 Å². The summed E-state index contributed by atoms with van der Waals surface area (Å²) in [6.45, 7) is 6.20. The van der Waals surface area contributed by atoms with Crippen molar-refractivity contribution in [1.29, 1.82) is 0 Å². The largest absolute Gasteiger partial charge is 0.427 e. The van der Waals surface area contributed by atoms with Crippen LogP contribution in [0.1, 0.15) is 79.4 Å². The summed E-state index contributed by atoms with van der Waals surface area (Å²) in [5.41, 5.74) is 1.01. The third-order valence-electron chi connectivity index (χ3n) is 8.62. The fourth-order valence-corrected chi connectivity index (χ4v) is 5.97. The number of amides is 4. The number of carbonyl (C=O) groups excluding carboxylic acids is 4. The van der Waals surface area contributed by atoms with Gasteiger partial charge in [-0.3, -0.25) is 19.7 Å². The van der Waals surface area contributed by atoms with Gasteiger partial charge in [0.25, 0.3) is 11.8 Å². The number of rotatable bonds is 10. The minimum Gasteiger partial charge on any atom is -0.427 e. The predicted octanol–water partition coefficient (Wildman–Crippen LogP) is 3.60. The minimum absolute atomic E-state index is 0.0302. The maximum atomic E-state index is 13.9. The lowest BCUT2D eigenvalue weighted by atomic mass is 9.93. The van der Waals surface area contributed by atoms with Gasteiger partial charge < -0.3 is 20.1 Å². The second-order valence-electron chi connectivity index (χ2n) is 11.7. The molecule has 4 amide bonds. The van der Waals surface area contributed by atoms with E-state index >= 15 is 0 Å². The summed E-state index contributed by atoms with van der Waals surface area (Å²) in [7, 11) is 0. The summed E-state index contributed by atoms with van der Waals surface area (Å²) < 4.78 is 5.57. The van der Waals surface area contributed by atoms with E-state index in [-0.39, 0.29) is 43.2 Å². The number of imide groups is 1. The molecule has 1 saturated carbocycles. The van der Waals surface area contributed by atoms with Gasteiger partial charge >= 0.3 is 6.09 Å². The van der Waals surface area contributed by atoms with Crippen LogP contribution in [0.25, 0.3) is 0 Å². The topological polar surface area (TPSA) is 125 Å². The van der Waals surface area contributed by atoms with Crippen LogP contribution in [-0.4, -0.2) is 52.5 Å². The second kappa shape index (κ2) is 11.0. The van der Waals surface area contributed by atoms with E-state index in [0.29, 0.717) is 29.2 Å². The van der Waals surface area contributed by atoms with E-state index in [1.165, 1.54) is 0 Å². The van der Waals surface area contributed by atoms with Crippen LogP contribution in [0, 0.1) is 11.8 Å². The predicted molar refractivity (Wildman–Crippen MR) is 147 cm³/mol. The molecule has 2 aromatic carbocycles. The van der Waals surface area contributed by atoms with E-state index in [1.54, 1.807) is 18.2 Å². The number of alkyl carbamates (subject to hydrolysis) is 1. The number of aliphatic hydroxyl groups is 1. The molecule has 3 N–H and O–H groups in total. The van der Waals surface area contributed by atoms with E-state index < -0.39 is 29.6 Å². The molecule has 0 bridgehead atoms. The van der Waals surface area contributed by atoms with Gasteiger partial charge in [0, 0.05) is 36.6 Å². The first-order valence-corrected chi connectivity index (χ1v) is 14.1. The Hall–Kier alpha value is -3.72. The SMILES string of the molecule is CC(C)[C@H](CO)NC(=O)c1ccc2c(c1)C(CC(=O)N(Cc1ccccc1)[C@@H](C)C1CC1)C[C@@]21OC(=O)NC1=O. The van der Waals surface area contributed by atoms with Crippen LogP contribution in [0.4, 0.5) is 4.79 Å². The molecule has 1 saturated heterocycles. The molecule has 1 heterocycles. The van der Waals surface area contributed by atoms with Crippen LogP contribution in [0.3, 0.4) is 0 Å². The van der Waals surface area contributed by atoms with Crippen LogP contribution < -0.4 is 10.6 Å². The number of ether oxygens (including phenoxy) is 1. The van der Waals surface area contributed by atoms with Crippen LogP contribution >= 0.6 is 0 Å². The molecule has 9 nitrogen and oxygen atoms in total. The highest BCUT2D eigenvalue weighted by Gasteiger charge is 2.57. The average molecular weight is 548 g/mol. The van der Waals surface area contributed by atoms with Gasteiger partial charge in [0.15, 0.2) is 0 Å². The molecule has 3 aliphatic rings. The summed E-state index contributed by atoms with van der Waals surface area (Å²) in [6.07, 6.45) is 1.60. The van der Waals surface area contributed by atoms with Crippen molar-refractivity contribution in [3.63, 3.8) is 0 Å². The molecule has 2 aliphatic carbocycles. The van der Waals surface area contributed by atoms with Gasteiger partial charge in [0.1, 0.15) is 0 Å². The third-order valence-corrected chi connectivity index (χ3v) is 8.62. The maximum absolute atomic E-state index is 13.9.